The van der Waals surface area contributed by atoms with Gasteiger partial charge in [-0.2, -0.15) is 0 Å². The topological polar surface area (TPSA) is 63.7 Å². The molecule has 0 spiro atoms. The van der Waals surface area contributed by atoms with Gasteiger partial charge in [-0.1, -0.05) is 30.3 Å². The third-order valence-electron chi connectivity index (χ3n) is 3.53. The number of ketones is 1. The lowest BCUT2D eigenvalue weighted by Gasteiger charge is -2.11. The fourth-order valence-electron chi connectivity index (χ4n) is 2.19. The first-order valence-electron chi connectivity index (χ1n) is 7.83. The minimum absolute atomic E-state index is 0.0893. The highest BCUT2D eigenvalue weighted by Gasteiger charge is 2.18. The van der Waals surface area contributed by atoms with Crippen LogP contribution in [0.15, 0.2) is 59.5 Å². The highest BCUT2D eigenvalue weighted by Crippen LogP contribution is 2.20. The molecule has 0 N–H and O–H groups in total. The molecule has 2 aromatic rings. The summed E-state index contributed by atoms with van der Waals surface area (Å²) in [6.07, 6.45) is 3.08. The fraction of sp³-hybridized carbons (Fsp3) is 0.211. The molecule has 0 bridgehead atoms. The van der Waals surface area contributed by atoms with Gasteiger partial charge in [0.25, 0.3) is 0 Å². The monoisotopic (exact) mass is 359 g/mol. The second-order valence-corrected chi connectivity index (χ2v) is 7.64. The van der Waals surface area contributed by atoms with Gasteiger partial charge in [-0.25, -0.2) is 12.7 Å². The van der Waals surface area contributed by atoms with Crippen LogP contribution in [0.2, 0.25) is 0 Å². The summed E-state index contributed by atoms with van der Waals surface area (Å²) in [5.41, 5.74) is 1.10. The van der Waals surface area contributed by atoms with Crippen LogP contribution < -0.4 is 4.74 Å². The van der Waals surface area contributed by atoms with Crippen molar-refractivity contribution in [3.8, 4) is 5.75 Å². The van der Waals surface area contributed by atoms with Gasteiger partial charge in [0.15, 0.2) is 5.78 Å². The summed E-state index contributed by atoms with van der Waals surface area (Å²) in [6.45, 7) is 2.42. The van der Waals surface area contributed by atoms with Gasteiger partial charge in [-0.05, 0) is 37.3 Å². The maximum atomic E-state index is 12.4. The standard InChI is InChI=1S/C19H21NO4S/c1-4-24-19-11-6-5-8-15(19)12-13-18(21)16-9-7-10-17(14-16)25(22,23)20(2)3/h5-14H,4H2,1-3H3/b13-12+. The van der Waals surface area contributed by atoms with Crippen LogP contribution in [0.25, 0.3) is 6.08 Å². The van der Waals surface area contributed by atoms with Crippen molar-refractivity contribution in [2.24, 2.45) is 0 Å². The summed E-state index contributed by atoms with van der Waals surface area (Å²) in [4.78, 5) is 12.5. The zero-order valence-corrected chi connectivity index (χ0v) is 15.3. The van der Waals surface area contributed by atoms with E-state index in [1.54, 1.807) is 18.2 Å². The minimum Gasteiger partial charge on any atom is -0.493 e. The van der Waals surface area contributed by atoms with Crippen LogP contribution in [0.1, 0.15) is 22.8 Å². The van der Waals surface area contributed by atoms with Gasteiger partial charge in [0.2, 0.25) is 10.0 Å². The minimum atomic E-state index is -3.58. The smallest absolute Gasteiger partial charge is 0.242 e. The maximum absolute atomic E-state index is 12.4. The van der Waals surface area contributed by atoms with Crippen LogP contribution in [0, 0.1) is 0 Å². The predicted octanol–water partition coefficient (Wildman–Crippen LogP) is 3.23. The Morgan fingerprint density at radius 2 is 1.84 bits per heavy atom. The summed E-state index contributed by atoms with van der Waals surface area (Å²) in [7, 11) is -0.672. The zero-order valence-electron chi connectivity index (χ0n) is 14.5. The van der Waals surface area contributed by atoms with Crippen molar-refractivity contribution in [1.82, 2.24) is 4.31 Å². The van der Waals surface area contributed by atoms with Crippen molar-refractivity contribution in [2.75, 3.05) is 20.7 Å². The maximum Gasteiger partial charge on any atom is 0.242 e. The quantitative estimate of drug-likeness (QED) is 0.562. The Bertz CT molecular complexity index is 886. The van der Waals surface area contributed by atoms with Crippen LogP contribution in [0.4, 0.5) is 0 Å². The molecule has 0 aromatic heterocycles. The van der Waals surface area contributed by atoms with Crippen molar-refractivity contribution in [2.45, 2.75) is 11.8 Å². The number of rotatable bonds is 7. The Balaban J connectivity index is 2.28. The molecule has 0 amide bonds. The number of carbonyl (C=O) groups is 1. The molecule has 0 aliphatic carbocycles. The van der Waals surface area contributed by atoms with E-state index in [0.29, 0.717) is 17.9 Å². The largest absolute Gasteiger partial charge is 0.493 e. The van der Waals surface area contributed by atoms with Gasteiger partial charge in [0, 0.05) is 25.2 Å². The van der Waals surface area contributed by atoms with E-state index in [-0.39, 0.29) is 10.7 Å². The summed E-state index contributed by atoms with van der Waals surface area (Å²) >= 11 is 0. The SMILES string of the molecule is CCOc1ccccc1/C=C/C(=O)c1cccc(S(=O)(=O)N(C)C)c1. The van der Waals surface area contributed by atoms with E-state index in [2.05, 4.69) is 0 Å². The number of hydrogen-bond acceptors (Lipinski definition) is 4. The highest BCUT2D eigenvalue weighted by molar-refractivity contribution is 7.89. The molecule has 132 valence electrons. The van der Waals surface area contributed by atoms with Gasteiger partial charge in [-0.3, -0.25) is 4.79 Å². The van der Waals surface area contributed by atoms with Crippen molar-refractivity contribution in [3.63, 3.8) is 0 Å². The Morgan fingerprint density at radius 1 is 1.12 bits per heavy atom. The lowest BCUT2D eigenvalue weighted by Crippen LogP contribution is -2.22. The second kappa shape index (κ2) is 8.09. The summed E-state index contributed by atoms with van der Waals surface area (Å²) < 4.78 is 31.0. The van der Waals surface area contributed by atoms with Crippen LogP contribution in [0.5, 0.6) is 5.75 Å². The number of allylic oxidation sites excluding steroid dienone is 1. The number of nitrogens with zero attached hydrogens (tertiary/aromatic N) is 1. The van der Waals surface area contributed by atoms with Gasteiger partial charge in [0.1, 0.15) is 5.75 Å². The van der Waals surface area contributed by atoms with E-state index in [9.17, 15) is 13.2 Å². The van der Waals surface area contributed by atoms with Gasteiger partial charge >= 0.3 is 0 Å². The van der Waals surface area contributed by atoms with Crippen LogP contribution in [-0.2, 0) is 10.0 Å². The lowest BCUT2D eigenvalue weighted by atomic mass is 10.1. The summed E-state index contributed by atoms with van der Waals surface area (Å²) in [5.74, 6) is 0.417. The summed E-state index contributed by atoms with van der Waals surface area (Å²) in [6, 6.07) is 13.4. The normalized spacial score (nSPS) is 11.8. The fourth-order valence-corrected chi connectivity index (χ4v) is 3.14. The van der Waals surface area contributed by atoms with Crippen molar-refractivity contribution < 1.29 is 17.9 Å². The van der Waals surface area contributed by atoms with E-state index in [0.717, 1.165) is 9.87 Å². The van der Waals surface area contributed by atoms with E-state index in [1.165, 1.54) is 32.3 Å². The molecular formula is C19H21NO4S. The number of carbonyl (C=O) groups excluding carboxylic acids is 1. The lowest BCUT2D eigenvalue weighted by molar-refractivity contribution is 0.104. The average molecular weight is 359 g/mol. The summed E-state index contributed by atoms with van der Waals surface area (Å²) in [5, 5.41) is 0. The highest BCUT2D eigenvalue weighted by atomic mass is 32.2. The van der Waals surface area contributed by atoms with Crippen molar-refractivity contribution in [1.29, 1.82) is 0 Å². The van der Waals surface area contributed by atoms with E-state index in [1.807, 2.05) is 31.2 Å². The third kappa shape index (κ3) is 4.55. The number of benzene rings is 2. The van der Waals surface area contributed by atoms with Gasteiger partial charge < -0.3 is 4.74 Å². The molecule has 25 heavy (non-hydrogen) atoms. The molecule has 0 atom stereocenters. The Kier molecular flexibility index (Phi) is 6.12. The first kappa shape index (κ1) is 18.9. The molecule has 0 aliphatic heterocycles. The molecule has 0 saturated heterocycles. The predicted molar refractivity (Wildman–Crippen MR) is 98.3 cm³/mol. The molecule has 0 unspecified atom stereocenters. The number of para-hydroxylation sites is 1. The van der Waals surface area contributed by atoms with E-state index < -0.39 is 10.0 Å². The molecule has 0 saturated carbocycles. The van der Waals surface area contributed by atoms with Crippen molar-refractivity contribution in [3.05, 3.63) is 65.7 Å². The second-order valence-electron chi connectivity index (χ2n) is 5.48. The Morgan fingerprint density at radius 3 is 2.52 bits per heavy atom. The first-order chi connectivity index (χ1) is 11.9. The number of ether oxygens (including phenoxy) is 1. The molecule has 2 aromatic carbocycles. The van der Waals surface area contributed by atoms with E-state index in [4.69, 9.17) is 4.74 Å². The average Bonchev–Trinajstić information content (AvgIpc) is 2.61. The number of hydrogen-bond donors (Lipinski definition) is 0. The Labute approximate surface area is 148 Å². The van der Waals surface area contributed by atoms with Crippen molar-refractivity contribution >= 4 is 21.9 Å². The number of sulfonamides is 1. The van der Waals surface area contributed by atoms with Gasteiger partial charge in [-0.15, -0.1) is 0 Å². The van der Waals surface area contributed by atoms with Crippen LogP contribution in [-0.4, -0.2) is 39.2 Å². The molecule has 0 fully saturated rings. The Hall–Kier alpha value is -2.44. The molecular weight excluding hydrogens is 338 g/mol. The third-order valence-corrected chi connectivity index (χ3v) is 5.34. The molecule has 0 aliphatic rings. The van der Waals surface area contributed by atoms with Crippen LogP contribution >= 0.6 is 0 Å². The molecule has 0 radical (unpaired) electrons. The molecule has 0 heterocycles. The van der Waals surface area contributed by atoms with E-state index >= 15 is 0 Å². The van der Waals surface area contributed by atoms with Gasteiger partial charge in [0.05, 0.1) is 11.5 Å². The first-order valence-corrected chi connectivity index (χ1v) is 9.27. The molecule has 6 heteroatoms. The molecule has 2 rings (SSSR count). The molecule has 5 nitrogen and oxygen atoms in total. The zero-order chi connectivity index (χ0) is 18.4. The van der Waals surface area contributed by atoms with Crippen LogP contribution in [0.3, 0.4) is 0 Å².